The van der Waals surface area contributed by atoms with Crippen LogP contribution in [0, 0.1) is 5.92 Å². The molecule has 0 amide bonds. The van der Waals surface area contributed by atoms with E-state index in [1.54, 1.807) is 12.1 Å². The molecule has 3 nitrogen and oxygen atoms in total. The first kappa shape index (κ1) is 14.7. The molecule has 0 bridgehead atoms. The van der Waals surface area contributed by atoms with E-state index in [-0.39, 0.29) is 0 Å². The van der Waals surface area contributed by atoms with E-state index in [0.717, 1.165) is 24.5 Å². The van der Waals surface area contributed by atoms with Crippen molar-refractivity contribution in [2.45, 2.75) is 24.0 Å². The van der Waals surface area contributed by atoms with Gasteiger partial charge in [0.1, 0.15) is 0 Å². The molecule has 1 fully saturated rings. The zero-order valence-electron chi connectivity index (χ0n) is 11.7. The molecule has 0 saturated carbocycles. The Balaban J connectivity index is 2.14. The highest BCUT2D eigenvalue weighted by Crippen LogP contribution is 2.28. The lowest BCUT2D eigenvalue weighted by Crippen LogP contribution is -2.40. The highest BCUT2D eigenvalue weighted by Gasteiger charge is 2.23. The molecule has 1 atom stereocenters. The van der Waals surface area contributed by atoms with Crippen LogP contribution >= 0.6 is 11.8 Å². The second kappa shape index (κ2) is 5.75. The van der Waals surface area contributed by atoms with Gasteiger partial charge in [-0.2, -0.15) is 11.8 Å². The summed E-state index contributed by atoms with van der Waals surface area (Å²) in [5, 5.41) is 0.656. The number of hydrogen-bond donors (Lipinski definition) is 0. The third-order valence-corrected chi connectivity index (χ3v) is 6.14. The second-order valence-corrected chi connectivity index (χ2v) is 8.73. The molecule has 0 spiro atoms. The molecular formula is C14H21NO2S2. The van der Waals surface area contributed by atoms with Gasteiger partial charge in [0.2, 0.25) is 0 Å². The Hall–Kier alpha value is -0.680. The maximum Gasteiger partial charge on any atom is 0.175 e. The first-order chi connectivity index (χ1) is 8.88. The number of nitrogens with zero attached hydrogens (tertiary/aromatic N) is 1. The fraction of sp³-hybridized carbons (Fsp3) is 0.571. The maximum absolute atomic E-state index is 11.4. The predicted octanol–water partition coefficient (Wildman–Crippen LogP) is 2.67. The number of rotatable bonds is 3. The van der Waals surface area contributed by atoms with Crippen molar-refractivity contribution in [3.63, 3.8) is 0 Å². The van der Waals surface area contributed by atoms with Crippen LogP contribution in [0.15, 0.2) is 29.2 Å². The van der Waals surface area contributed by atoms with Crippen molar-refractivity contribution in [2.24, 2.45) is 5.92 Å². The average Bonchev–Trinajstić information content (AvgIpc) is 2.38. The average molecular weight is 299 g/mol. The van der Waals surface area contributed by atoms with Crippen molar-refractivity contribution in [2.75, 3.05) is 30.0 Å². The van der Waals surface area contributed by atoms with Crippen LogP contribution in [-0.2, 0) is 9.84 Å². The van der Waals surface area contributed by atoms with Crippen molar-refractivity contribution < 1.29 is 8.42 Å². The summed E-state index contributed by atoms with van der Waals surface area (Å²) in [6, 6.07) is 7.25. The molecule has 1 aliphatic rings. The standard InChI is InChI=1S/C14H21NO2S2/c1-11(2)14-10-15(8-9-18-14)12-4-6-13(7-5-12)19(3,16)17/h4-7,11,14H,8-10H2,1-3H3. The third kappa shape index (κ3) is 3.66. The van der Waals surface area contributed by atoms with E-state index in [4.69, 9.17) is 0 Å². The fourth-order valence-corrected chi connectivity index (χ4v) is 4.15. The van der Waals surface area contributed by atoms with Crippen LogP contribution in [0.2, 0.25) is 0 Å². The number of thioether (sulfide) groups is 1. The normalized spacial score (nSPS) is 20.8. The molecule has 0 N–H and O–H groups in total. The molecule has 106 valence electrons. The highest BCUT2D eigenvalue weighted by molar-refractivity contribution is 8.00. The number of anilines is 1. The van der Waals surface area contributed by atoms with Crippen molar-refractivity contribution >= 4 is 27.3 Å². The van der Waals surface area contributed by atoms with E-state index in [0.29, 0.717) is 16.1 Å². The lowest BCUT2D eigenvalue weighted by molar-refractivity contribution is 0.582. The van der Waals surface area contributed by atoms with E-state index in [1.165, 1.54) is 6.26 Å². The summed E-state index contributed by atoms with van der Waals surface area (Å²) in [7, 11) is -3.10. The van der Waals surface area contributed by atoms with E-state index >= 15 is 0 Å². The van der Waals surface area contributed by atoms with E-state index in [2.05, 4.69) is 18.7 Å². The molecule has 1 saturated heterocycles. The van der Waals surface area contributed by atoms with Gasteiger partial charge in [-0.1, -0.05) is 13.8 Å². The van der Waals surface area contributed by atoms with Crippen LogP contribution in [-0.4, -0.2) is 38.8 Å². The summed E-state index contributed by atoms with van der Waals surface area (Å²) in [6.07, 6.45) is 1.24. The Labute approximate surface area is 120 Å². The van der Waals surface area contributed by atoms with Crippen LogP contribution in [0.4, 0.5) is 5.69 Å². The van der Waals surface area contributed by atoms with E-state index < -0.39 is 9.84 Å². The summed E-state index contributed by atoms with van der Waals surface area (Å²) in [5.41, 5.74) is 1.12. The zero-order valence-corrected chi connectivity index (χ0v) is 13.3. The second-order valence-electron chi connectivity index (χ2n) is 5.37. The summed E-state index contributed by atoms with van der Waals surface area (Å²) in [6.45, 7) is 6.59. The Morgan fingerprint density at radius 3 is 2.42 bits per heavy atom. The van der Waals surface area contributed by atoms with Crippen LogP contribution in [0.5, 0.6) is 0 Å². The Kier molecular flexibility index (Phi) is 4.46. The summed E-state index contributed by atoms with van der Waals surface area (Å²) in [4.78, 5) is 2.75. The van der Waals surface area contributed by atoms with Gasteiger partial charge in [-0.25, -0.2) is 8.42 Å². The molecule has 1 aromatic carbocycles. The van der Waals surface area contributed by atoms with Crippen LogP contribution in [0.25, 0.3) is 0 Å². The molecule has 1 heterocycles. The maximum atomic E-state index is 11.4. The number of hydrogen-bond acceptors (Lipinski definition) is 4. The van der Waals surface area contributed by atoms with Crippen LogP contribution in [0.1, 0.15) is 13.8 Å². The molecule has 0 aromatic heterocycles. The first-order valence-corrected chi connectivity index (χ1v) is 9.48. The molecular weight excluding hydrogens is 278 g/mol. The minimum absolute atomic E-state index is 0.392. The Morgan fingerprint density at radius 2 is 1.89 bits per heavy atom. The van der Waals surface area contributed by atoms with E-state index in [1.807, 2.05) is 23.9 Å². The summed E-state index contributed by atoms with van der Waals surface area (Å²) >= 11 is 2.04. The zero-order chi connectivity index (χ0) is 14.0. The van der Waals surface area contributed by atoms with Crippen molar-refractivity contribution in [1.82, 2.24) is 0 Å². The smallest absolute Gasteiger partial charge is 0.175 e. The molecule has 1 aromatic rings. The van der Waals surface area contributed by atoms with Gasteiger partial charge < -0.3 is 4.90 Å². The van der Waals surface area contributed by atoms with Gasteiger partial charge >= 0.3 is 0 Å². The lowest BCUT2D eigenvalue weighted by Gasteiger charge is -2.36. The van der Waals surface area contributed by atoms with Gasteiger partial charge in [0.25, 0.3) is 0 Å². The molecule has 5 heteroatoms. The Bertz CT molecular complexity index is 523. The first-order valence-electron chi connectivity index (χ1n) is 6.54. The minimum atomic E-state index is -3.10. The molecule has 1 unspecified atom stereocenters. The monoisotopic (exact) mass is 299 g/mol. The molecule has 2 rings (SSSR count). The lowest BCUT2D eigenvalue weighted by atomic mass is 10.1. The predicted molar refractivity (Wildman–Crippen MR) is 82.8 cm³/mol. The van der Waals surface area contributed by atoms with Crippen LogP contribution < -0.4 is 4.90 Å². The van der Waals surface area contributed by atoms with Gasteiger partial charge in [-0.3, -0.25) is 0 Å². The third-order valence-electron chi connectivity index (χ3n) is 3.47. The van der Waals surface area contributed by atoms with E-state index in [9.17, 15) is 8.42 Å². The molecule has 0 radical (unpaired) electrons. The van der Waals surface area contributed by atoms with Gasteiger partial charge in [0.05, 0.1) is 4.90 Å². The number of sulfone groups is 1. The fourth-order valence-electron chi connectivity index (χ4n) is 2.22. The van der Waals surface area contributed by atoms with Crippen molar-refractivity contribution in [3.05, 3.63) is 24.3 Å². The topological polar surface area (TPSA) is 37.4 Å². The molecule has 1 aliphatic heterocycles. The summed E-state index contributed by atoms with van der Waals surface area (Å²) in [5.74, 6) is 1.81. The summed E-state index contributed by atoms with van der Waals surface area (Å²) < 4.78 is 22.9. The molecule has 0 aliphatic carbocycles. The number of benzene rings is 1. The largest absolute Gasteiger partial charge is 0.370 e. The van der Waals surface area contributed by atoms with Crippen molar-refractivity contribution in [3.8, 4) is 0 Å². The highest BCUT2D eigenvalue weighted by atomic mass is 32.2. The SMILES string of the molecule is CC(C)C1CN(c2ccc(S(C)(=O)=O)cc2)CCS1. The minimum Gasteiger partial charge on any atom is -0.370 e. The van der Waals surface area contributed by atoms with Gasteiger partial charge in [0.15, 0.2) is 9.84 Å². The van der Waals surface area contributed by atoms with Gasteiger partial charge in [0, 0.05) is 36.0 Å². The van der Waals surface area contributed by atoms with Gasteiger partial charge in [-0.05, 0) is 30.2 Å². The quantitative estimate of drug-likeness (QED) is 0.860. The molecule has 19 heavy (non-hydrogen) atoms. The Morgan fingerprint density at radius 1 is 1.26 bits per heavy atom. The van der Waals surface area contributed by atoms with Crippen molar-refractivity contribution in [1.29, 1.82) is 0 Å². The van der Waals surface area contributed by atoms with Gasteiger partial charge in [-0.15, -0.1) is 0 Å². The van der Waals surface area contributed by atoms with Crippen LogP contribution in [0.3, 0.4) is 0 Å².